The number of carboxylic acids is 1. The number of aromatic nitrogens is 1. The number of carboxylic acid groups (broad SMARTS) is 1. The zero-order valence-corrected chi connectivity index (χ0v) is 12.4. The first kappa shape index (κ1) is 12.1. The van der Waals surface area contributed by atoms with Gasteiger partial charge in [0.15, 0.2) is 0 Å². The molecule has 0 radical (unpaired) electrons. The van der Waals surface area contributed by atoms with Gasteiger partial charge in [0.2, 0.25) is 0 Å². The highest BCUT2D eigenvalue weighted by molar-refractivity contribution is 9.10. The van der Waals surface area contributed by atoms with Gasteiger partial charge < -0.3 is 10.0 Å². The summed E-state index contributed by atoms with van der Waals surface area (Å²) in [7, 11) is 0. The molecule has 0 spiro atoms. The molecule has 0 amide bonds. The van der Waals surface area contributed by atoms with Gasteiger partial charge >= 0.3 is 5.97 Å². The van der Waals surface area contributed by atoms with Crippen LogP contribution in [-0.4, -0.2) is 29.1 Å². The third kappa shape index (κ3) is 1.53. The summed E-state index contributed by atoms with van der Waals surface area (Å²) in [5, 5.41) is 10.4. The predicted octanol–water partition coefficient (Wildman–Crippen LogP) is 3.39. The molecule has 1 aromatic carbocycles. The average molecular weight is 333 g/mol. The monoisotopic (exact) mass is 332 g/mol. The number of benzene rings is 1. The van der Waals surface area contributed by atoms with Crippen molar-refractivity contribution < 1.29 is 9.90 Å². The van der Waals surface area contributed by atoms with Crippen LogP contribution in [0.4, 0.5) is 5.69 Å². The van der Waals surface area contributed by atoms with Crippen molar-refractivity contribution >= 4 is 38.5 Å². The van der Waals surface area contributed by atoms with Crippen LogP contribution in [0, 0.1) is 0 Å². The Morgan fingerprint density at radius 3 is 2.80 bits per heavy atom. The number of hydrogen-bond acceptors (Lipinski definition) is 3. The molecule has 4 nitrogen and oxygen atoms in total. The molecule has 4 heterocycles. The minimum Gasteiger partial charge on any atom is -0.478 e. The molecule has 2 aromatic rings. The SMILES string of the molecule is O=C(O)c1c2c(nc3c(Br)cccc13)C1CCN2CC1. The number of carbonyl (C=O) groups is 1. The number of aromatic carboxylic acids is 1. The minimum absolute atomic E-state index is 0.407. The zero-order chi connectivity index (χ0) is 13.9. The lowest BCUT2D eigenvalue weighted by Gasteiger charge is -2.42. The molecule has 1 fully saturated rings. The van der Waals surface area contributed by atoms with Gasteiger partial charge in [-0.05, 0) is 34.8 Å². The van der Waals surface area contributed by atoms with E-state index in [9.17, 15) is 9.90 Å². The lowest BCUT2D eigenvalue weighted by Crippen LogP contribution is -2.40. The molecule has 3 aliphatic rings. The largest absolute Gasteiger partial charge is 0.478 e. The Kier molecular flexibility index (Phi) is 2.54. The first-order valence-corrected chi connectivity index (χ1v) is 7.56. The third-order valence-corrected chi connectivity index (χ3v) is 5.02. The number of piperidine rings is 1. The maximum atomic E-state index is 11.8. The normalized spacial score (nSPS) is 17.6. The van der Waals surface area contributed by atoms with E-state index < -0.39 is 5.97 Å². The van der Waals surface area contributed by atoms with Crippen molar-refractivity contribution in [1.82, 2.24) is 4.98 Å². The lowest BCUT2D eigenvalue weighted by atomic mass is 9.84. The van der Waals surface area contributed by atoms with E-state index in [-0.39, 0.29) is 0 Å². The van der Waals surface area contributed by atoms with Crippen molar-refractivity contribution in [1.29, 1.82) is 0 Å². The summed E-state index contributed by atoms with van der Waals surface area (Å²) in [5.41, 5.74) is 3.00. The van der Waals surface area contributed by atoms with E-state index in [4.69, 9.17) is 4.98 Å². The second kappa shape index (κ2) is 4.19. The Balaban J connectivity index is 2.16. The van der Waals surface area contributed by atoms with E-state index in [0.717, 1.165) is 52.7 Å². The molecular formula is C15H13BrN2O2. The third-order valence-electron chi connectivity index (χ3n) is 4.38. The van der Waals surface area contributed by atoms with E-state index in [1.54, 1.807) is 0 Å². The topological polar surface area (TPSA) is 53.4 Å². The predicted molar refractivity (Wildman–Crippen MR) is 80.6 cm³/mol. The summed E-state index contributed by atoms with van der Waals surface area (Å²) in [6, 6.07) is 5.62. The van der Waals surface area contributed by atoms with E-state index in [1.807, 2.05) is 18.2 Å². The Bertz CT molecular complexity index is 736. The number of hydrogen-bond donors (Lipinski definition) is 1. The van der Waals surface area contributed by atoms with Crippen LogP contribution in [0.25, 0.3) is 10.9 Å². The van der Waals surface area contributed by atoms with Crippen LogP contribution in [0.15, 0.2) is 22.7 Å². The lowest BCUT2D eigenvalue weighted by molar-refractivity contribution is 0.0699. The fourth-order valence-electron chi connectivity index (χ4n) is 3.46. The van der Waals surface area contributed by atoms with Crippen molar-refractivity contribution in [3.63, 3.8) is 0 Å². The van der Waals surface area contributed by atoms with Crippen LogP contribution in [-0.2, 0) is 0 Å². The van der Waals surface area contributed by atoms with Gasteiger partial charge in [0.05, 0.1) is 22.5 Å². The highest BCUT2D eigenvalue weighted by Gasteiger charge is 2.36. The highest BCUT2D eigenvalue weighted by Crippen LogP contribution is 2.45. The molecular weight excluding hydrogens is 320 g/mol. The number of halogens is 1. The zero-order valence-electron chi connectivity index (χ0n) is 10.8. The smallest absolute Gasteiger partial charge is 0.338 e. The Morgan fingerprint density at radius 1 is 1.35 bits per heavy atom. The van der Waals surface area contributed by atoms with E-state index in [2.05, 4.69) is 20.8 Å². The molecule has 2 bridgehead atoms. The van der Waals surface area contributed by atoms with Gasteiger partial charge in [-0.25, -0.2) is 9.78 Å². The molecule has 0 unspecified atom stereocenters. The molecule has 5 heteroatoms. The van der Waals surface area contributed by atoms with E-state index in [0.29, 0.717) is 11.5 Å². The summed E-state index contributed by atoms with van der Waals surface area (Å²) in [5.74, 6) is -0.455. The number of nitrogens with zero attached hydrogens (tertiary/aromatic N) is 2. The summed E-state index contributed by atoms with van der Waals surface area (Å²) in [6.45, 7) is 1.89. The first-order valence-electron chi connectivity index (χ1n) is 6.77. The standard InChI is InChI=1S/C15H13BrN2O2/c16-10-3-1-2-9-11(15(19)20)14-12(17-13(9)10)8-4-6-18(14)7-5-8/h1-3,8H,4-7H2,(H,19,20). The molecule has 1 N–H and O–H groups in total. The van der Waals surface area contributed by atoms with Crippen molar-refractivity contribution in [3.8, 4) is 0 Å². The maximum absolute atomic E-state index is 11.8. The number of fused-ring (bicyclic) bond motifs is 3. The van der Waals surface area contributed by atoms with Crippen molar-refractivity contribution in [2.24, 2.45) is 0 Å². The summed E-state index contributed by atoms with van der Waals surface area (Å²) in [6.07, 6.45) is 2.16. The van der Waals surface area contributed by atoms with Gasteiger partial charge in [-0.2, -0.15) is 0 Å². The Hall–Kier alpha value is -1.62. The molecule has 20 heavy (non-hydrogen) atoms. The Labute approximate surface area is 124 Å². The van der Waals surface area contributed by atoms with Crippen LogP contribution >= 0.6 is 15.9 Å². The van der Waals surface area contributed by atoms with E-state index >= 15 is 0 Å². The summed E-state index contributed by atoms with van der Waals surface area (Å²) in [4.78, 5) is 18.8. The van der Waals surface area contributed by atoms with Gasteiger partial charge in [-0.1, -0.05) is 12.1 Å². The number of rotatable bonds is 1. The fourth-order valence-corrected chi connectivity index (χ4v) is 3.91. The average Bonchev–Trinajstić information content (AvgIpc) is 2.46. The summed E-state index contributed by atoms with van der Waals surface area (Å²) < 4.78 is 0.858. The number of pyridine rings is 1. The van der Waals surface area contributed by atoms with Crippen molar-refractivity contribution in [2.45, 2.75) is 18.8 Å². The molecule has 1 aromatic heterocycles. The van der Waals surface area contributed by atoms with Crippen LogP contribution in [0.2, 0.25) is 0 Å². The van der Waals surface area contributed by atoms with Crippen molar-refractivity contribution in [3.05, 3.63) is 33.9 Å². The second-order valence-electron chi connectivity index (χ2n) is 5.42. The van der Waals surface area contributed by atoms with Crippen LogP contribution in [0.3, 0.4) is 0 Å². The highest BCUT2D eigenvalue weighted by atomic mass is 79.9. The molecule has 5 rings (SSSR count). The molecule has 102 valence electrons. The van der Waals surface area contributed by atoms with Crippen LogP contribution in [0.5, 0.6) is 0 Å². The Morgan fingerprint density at radius 2 is 2.10 bits per heavy atom. The van der Waals surface area contributed by atoms with E-state index in [1.165, 1.54) is 0 Å². The molecule has 0 aliphatic carbocycles. The quantitative estimate of drug-likeness (QED) is 0.869. The molecule has 0 saturated carbocycles. The molecule has 0 atom stereocenters. The number of anilines is 1. The van der Waals surface area contributed by atoms with Crippen LogP contribution < -0.4 is 4.90 Å². The second-order valence-corrected chi connectivity index (χ2v) is 6.28. The van der Waals surface area contributed by atoms with Crippen LogP contribution in [0.1, 0.15) is 34.8 Å². The van der Waals surface area contributed by atoms with Gasteiger partial charge in [0.1, 0.15) is 0 Å². The molecule has 3 aliphatic heterocycles. The van der Waals surface area contributed by atoms with Gasteiger partial charge in [0.25, 0.3) is 0 Å². The van der Waals surface area contributed by atoms with Gasteiger partial charge in [-0.15, -0.1) is 0 Å². The maximum Gasteiger partial charge on any atom is 0.338 e. The van der Waals surface area contributed by atoms with Gasteiger partial charge in [-0.3, -0.25) is 0 Å². The van der Waals surface area contributed by atoms with Gasteiger partial charge in [0, 0.05) is 28.9 Å². The molecule has 1 saturated heterocycles. The van der Waals surface area contributed by atoms with Crippen molar-refractivity contribution in [2.75, 3.05) is 18.0 Å². The summed E-state index contributed by atoms with van der Waals surface area (Å²) >= 11 is 3.49. The first-order chi connectivity index (χ1) is 9.66. The fraction of sp³-hybridized carbons (Fsp3) is 0.333. The minimum atomic E-state index is -0.862. The number of para-hydroxylation sites is 1.